The van der Waals surface area contributed by atoms with Crippen LogP contribution in [-0.2, 0) is 17.5 Å². The Bertz CT molecular complexity index is 1230. The van der Waals surface area contributed by atoms with Gasteiger partial charge in [0.25, 0.3) is 0 Å². The second-order valence-corrected chi connectivity index (χ2v) is 8.14. The number of rotatable bonds is 6. The van der Waals surface area contributed by atoms with Gasteiger partial charge in [-0.2, -0.15) is 13.2 Å². The standard InChI is InChI=1S/C27H24F3NO3/c1-17-23(26(32)33-2)13-19(15-31-17)21-9-6-10-22(21)24-14-20(27(28,29)30)11-12-25(24)34-16-18-7-4-3-5-8-18/h3-5,7-8,11-15H,6,9-10,16H2,1-2H3. The molecule has 0 amide bonds. The molecule has 2 aromatic carbocycles. The van der Waals surface area contributed by atoms with Gasteiger partial charge in [0.05, 0.1) is 23.9 Å². The molecular weight excluding hydrogens is 443 g/mol. The molecule has 0 radical (unpaired) electrons. The summed E-state index contributed by atoms with van der Waals surface area (Å²) in [6, 6.07) is 14.7. The van der Waals surface area contributed by atoms with Crippen molar-refractivity contribution in [1.29, 1.82) is 0 Å². The molecule has 0 saturated heterocycles. The highest BCUT2D eigenvalue weighted by Crippen LogP contribution is 2.44. The number of esters is 1. The molecule has 7 heteroatoms. The number of ether oxygens (including phenoxy) is 2. The van der Waals surface area contributed by atoms with Crippen molar-refractivity contribution in [2.45, 2.75) is 39.0 Å². The molecule has 176 valence electrons. The van der Waals surface area contributed by atoms with Crippen LogP contribution in [0.2, 0.25) is 0 Å². The monoisotopic (exact) mass is 467 g/mol. The Kier molecular flexibility index (Phi) is 6.72. The van der Waals surface area contributed by atoms with Crippen molar-refractivity contribution in [2.24, 2.45) is 0 Å². The number of pyridine rings is 1. The number of allylic oxidation sites excluding steroid dienone is 2. The molecule has 0 atom stereocenters. The first-order valence-corrected chi connectivity index (χ1v) is 10.9. The van der Waals surface area contributed by atoms with E-state index < -0.39 is 17.7 Å². The molecule has 0 unspecified atom stereocenters. The largest absolute Gasteiger partial charge is 0.488 e. The van der Waals surface area contributed by atoms with Crippen LogP contribution in [0.25, 0.3) is 11.1 Å². The molecular formula is C27H24F3NO3. The third-order valence-corrected chi connectivity index (χ3v) is 5.93. The molecule has 1 aliphatic carbocycles. The third kappa shape index (κ3) is 4.98. The lowest BCUT2D eigenvalue weighted by Gasteiger charge is -2.17. The predicted octanol–water partition coefficient (Wildman–Crippen LogP) is 6.87. The number of carbonyl (C=O) groups is 1. The number of hydrogen-bond donors (Lipinski definition) is 0. The smallest absolute Gasteiger partial charge is 0.416 e. The summed E-state index contributed by atoms with van der Waals surface area (Å²) in [4.78, 5) is 16.5. The lowest BCUT2D eigenvalue weighted by Crippen LogP contribution is -2.07. The van der Waals surface area contributed by atoms with Crippen LogP contribution in [0.4, 0.5) is 13.2 Å². The van der Waals surface area contributed by atoms with Crippen LogP contribution in [0, 0.1) is 6.92 Å². The van der Waals surface area contributed by atoms with Gasteiger partial charge < -0.3 is 9.47 Å². The van der Waals surface area contributed by atoms with Crippen molar-refractivity contribution in [3.05, 3.63) is 94.3 Å². The van der Waals surface area contributed by atoms with E-state index in [1.807, 2.05) is 30.3 Å². The highest BCUT2D eigenvalue weighted by Gasteiger charge is 2.32. The van der Waals surface area contributed by atoms with Gasteiger partial charge >= 0.3 is 12.1 Å². The van der Waals surface area contributed by atoms with E-state index in [4.69, 9.17) is 9.47 Å². The number of carbonyl (C=O) groups excluding carboxylic acids is 1. The third-order valence-electron chi connectivity index (χ3n) is 5.93. The predicted molar refractivity (Wildman–Crippen MR) is 123 cm³/mol. The van der Waals surface area contributed by atoms with Gasteiger partial charge in [-0.25, -0.2) is 4.79 Å². The number of nitrogens with zero attached hydrogens (tertiary/aromatic N) is 1. The zero-order valence-electron chi connectivity index (χ0n) is 18.9. The van der Waals surface area contributed by atoms with Crippen LogP contribution in [0.15, 0.2) is 60.8 Å². The highest BCUT2D eigenvalue weighted by atomic mass is 19.4. The number of aromatic nitrogens is 1. The summed E-state index contributed by atoms with van der Waals surface area (Å²) < 4.78 is 51.5. The van der Waals surface area contributed by atoms with Crippen molar-refractivity contribution < 1.29 is 27.4 Å². The fourth-order valence-corrected chi connectivity index (χ4v) is 4.18. The van der Waals surface area contributed by atoms with Crippen LogP contribution in [0.5, 0.6) is 5.75 Å². The minimum absolute atomic E-state index is 0.237. The molecule has 0 saturated carbocycles. The van der Waals surface area contributed by atoms with Gasteiger partial charge in [-0.05, 0) is 72.7 Å². The molecule has 0 bridgehead atoms. The summed E-state index contributed by atoms with van der Waals surface area (Å²) >= 11 is 0. The summed E-state index contributed by atoms with van der Waals surface area (Å²) in [5.74, 6) is -0.113. The summed E-state index contributed by atoms with van der Waals surface area (Å²) in [5, 5.41) is 0. The normalized spacial score (nSPS) is 13.8. The molecule has 1 heterocycles. The maximum atomic E-state index is 13.6. The highest BCUT2D eigenvalue weighted by molar-refractivity contribution is 5.97. The van der Waals surface area contributed by atoms with E-state index in [0.29, 0.717) is 41.0 Å². The second-order valence-electron chi connectivity index (χ2n) is 8.14. The molecule has 0 spiro atoms. The lowest BCUT2D eigenvalue weighted by atomic mass is 9.94. The number of hydrogen-bond acceptors (Lipinski definition) is 4. The van der Waals surface area contributed by atoms with E-state index in [-0.39, 0.29) is 6.61 Å². The van der Waals surface area contributed by atoms with Crippen LogP contribution in [0.3, 0.4) is 0 Å². The topological polar surface area (TPSA) is 48.4 Å². The van der Waals surface area contributed by atoms with Crippen LogP contribution in [0.1, 0.15) is 57.6 Å². The molecule has 34 heavy (non-hydrogen) atoms. The molecule has 0 N–H and O–H groups in total. The van der Waals surface area contributed by atoms with E-state index in [1.165, 1.54) is 13.2 Å². The summed E-state index contributed by atoms with van der Waals surface area (Å²) in [6.07, 6.45) is -0.786. The number of halogens is 3. The molecule has 1 aromatic heterocycles. The number of methoxy groups -OCH3 is 1. The molecule has 0 aliphatic heterocycles. The van der Waals surface area contributed by atoms with Gasteiger partial charge in [-0.15, -0.1) is 0 Å². The van der Waals surface area contributed by atoms with E-state index in [2.05, 4.69) is 4.98 Å². The average Bonchev–Trinajstić information content (AvgIpc) is 3.32. The van der Waals surface area contributed by atoms with E-state index in [1.54, 1.807) is 19.2 Å². The van der Waals surface area contributed by atoms with Crippen LogP contribution >= 0.6 is 0 Å². The Balaban J connectivity index is 1.80. The van der Waals surface area contributed by atoms with Gasteiger partial charge in [-0.3, -0.25) is 4.98 Å². The summed E-state index contributed by atoms with van der Waals surface area (Å²) in [7, 11) is 1.30. The van der Waals surface area contributed by atoms with Gasteiger partial charge in [0.2, 0.25) is 0 Å². The second kappa shape index (κ2) is 9.71. The van der Waals surface area contributed by atoms with Gasteiger partial charge in [-0.1, -0.05) is 30.3 Å². The molecule has 4 rings (SSSR count). The Morgan fingerprint density at radius 1 is 1.03 bits per heavy atom. The zero-order valence-corrected chi connectivity index (χ0v) is 18.9. The first-order chi connectivity index (χ1) is 16.3. The Labute approximate surface area is 196 Å². The summed E-state index contributed by atoms with van der Waals surface area (Å²) in [5.41, 5.74) is 3.80. The molecule has 0 fully saturated rings. The van der Waals surface area contributed by atoms with Gasteiger partial charge in [0.1, 0.15) is 12.4 Å². The Hall–Kier alpha value is -3.61. The van der Waals surface area contributed by atoms with Crippen molar-refractivity contribution in [2.75, 3.05) is 7.11 Å². The minimum atomic E-state index is -4.48. The van der Waals surface area contributed by atoms with Crippen LogP contribution < -0.4 is 4.74 Å². The van der Waals surface area contributed by atoms with Gasteiger partial charge in [0.15, 0.2) is 0 Å². The van der Waals surface area contributed by atoms with E-state index >= 15 is 0 Å². The van der Waals surface area contributed by atoms with Crippen molar-refractivity contribution in [1.82, 2.24) is 4.98 Å². The van der Waals surface area contributed by atoms with E-state index in [9.17, 15) is 18.0 Å². The lowest BCUT2D eigenvalue weighted by molar-refractivity contribution is -0.137. The first kappa shape index (κ1) is 23.5. The fraction of sp³-hybridized carbons (Fsp3) is 0.259. The average molecular weight is 467 g/mol. The SMILES string of the molecule is COC(=O)c1cc(C2=C(c3cc(C(F)(F)F)ccc3OCc3ccccc3)CCC2)cnc1C. The van der Waals surface area contributed by atoms with Gasteiger partial charge in [0, 0.05) is 11.8 Å². The zero-order chi connectivity index (χ0) is 24.3. The molecule has 4 nitrogen and oxygen atoms in total. The van der Waals surface area contributed by atoms with E-state index in [0.717, 1.165) is 35.3 Å². The number of benzene rings is 2. The minimum Gasteiger partial charge on any atom is -0.488 e. The van der Waals surface area contributed by atoms with Crippen molar-refractivity contribution in [3.63, 3.8) is 0 Å². The first-order valence-electron chi connectivity index (χ1n) is 10.9. The molecule has 1 aliphatic rings. The van der Waals surface area contributed by atoms with Crippen molar-refractivity contribution in [3.8, 4) is 5.75 Å². The fourth-order valence-electron chi connectivity index (χ4n) is 4.18. The Morgan fingerprint density at radius 2 is 1.76 bits per heavy atom. The molecule has 3 aromatic rings. The van der Waals surface area contributed by atoms with Crippen molar-refractivity contribution >= 4 is 17.1 Å². The summed E-state index contributed by atoms with van der Waals surface area (Å²) in [6.45, 7) is 1.95. The maximum Gasteiger partial charge on any atom is 0.416 e. The quantitative estimate of drug-likeness (QED) is 0.371. The number of aryl methyl sites for hydroxylation is 1. The maximum absolute atomic E-state index is 13.6. The number of alkyl halides is 3. The Morgan fingerprint density at radius 3 is 2.47 bits per heavy atom. The van der Waals surface area contributed by atoms with Crippen LogP contribution in [-0.4, -0.2) is 18.1 Å².